The molecule has 1 aliphatic heterocycles. The van der Waals surface area contributed by atoms with Crippen molar-refractivity contribution in [2.75, 3.05) is 31.1 Å². The first-order valence-electron chi connectivity index (χ1n) is 9.65. The summed E-state index contributed by atoms with van der Waals surface area (Å²) >= 11 is 0. The predicted octanol–water partition coefficient (Wildman–Crippen LogP) is 3.02. The highest BCUT2D eigenvalue weighted by Gasteiger charge is 2.26. The minimum atomic E-state index is -0.768. The first kappa shape index (κ1) is 22.4. The van der Waals surface area contributed by atoms with Gasteiger partial charge >= 0.3 is 12.2 Å². The minimum absolute atomic E-state index is 0.120. The zero-order valence-corrected chi connectivity index (χ0v) is 18.1. The molecule has 1 fully saturated rings. The molecule has 0 spiro atoms. The summed E-state index contributed by atoms with van der Waals surface area (Å²) in [5.41, 5.74) is -1.35. The van der Waals surface area contributed by atoms with Gasteiger partial charge in [0, 0.05) is 32.4 Å². The van der Waals surface area contributed by atoms with Crippen molar-refractivity contribution in [2.24, 2.45) is 4.99 Å². The van der Waals surface area contributed by atoms with Gasteiger partial charge in [-0.3, -0.25) is 5.32 Å². The third-order valence-electron chi connectivity index (χ3n) is 3.76. The van der Waals surface area contributed by atoms with Crippen LogP contribution in [0.2, 0.25) is 0 Å². The molecule has 0 radical (unpaired) electrons. The quantitative estimate of drug-likeness (QED) is 0.567. The fraction of sp³-hybridized carbons (Fsp3) is 0.600. The van der Waals surface area contributed by atoms with Gasteiger partial charge < -0.3 is 19.3 Å². The number of amides is 2. The lowest BCUT2D eigenvalue weighted by molar-refractivity contribution is 0.0554. The molecule has 0 saturated carbocycles. The molecule has 1 aromatic rings. The van der Waals surface area contributed by atoms with Crippen LogP contribution in [0.25, 0.3) is 0 Å². The number of hydrogen-bond donors (Lipinski definition) is 1. The fourth-order valence-corrected chi connectivity index (χ4v) is 2.63. The van der Waals surface area contributed by atoms with Crippen LogP contribution in [-0.2, 0) is 9.47 Å². The van der Waals surface area contributed by atoms with Crippen molar-refractivity contribution in [3.05, 3.63) is 24.4 Å². The summed E-state index contributed by atoms with van der Waals surface area (Å²) < 4.78 is 10.6. The summed E-state index contributed by atoms with van der Waals surface area (Å²) in [4.78, 5) is 36.8. The Morgan fingerprint density at radius 3 is 2.14 bits per heavy atom. The van der Waals surface area contributed by atoms with Crippen LogP contribution < -0.4 is 10.2 Å². The smallest absolute Gasteiger partial charge is 0.437 e. The van der Waals surface area contributed by atoms with E-state index in [2.05, 4.69) is 20.2 Å². The number of alkyl carbamates (subject to hydrolysis) is 1. The summed E-state index contributed by atoms with van der Waals surface area (Å²) in [6, 6.07) is 5.76. The summed E-state index contributed by atoms with van der Waals surface area (Å²) in [5, 5.41) is 2.59. The lowest BCUT2D eigenvalue weighted by atomic mass is 10.2. The maximum atomic E-state index is 12.3. The summed E-state index contributed by atoms with van der Waals surface area (Å²) in [5.74, 6) is 1.01. The number of nitrogens with one attached hydrogen (secondary N) is 1. The lowest BCUT2D eigenvalue weighted by Gasteiger charge is -2.36. The number of ether oxygens (including phenoxy) is 2. The summed E-state index contributed by atoms with van der Waals surface area (Å²) in [6.07, 6.45) is 0.309. The minimum Gasteiger partial charge on any atom is -0.444 e. The van der Waals surface area contributed by atoms with E-state index in [0.29, 0.717) is 26.2 Å². The Balaban J connectivity index is 2.10. The molecule has 2 amide bonds. The average molecular weight is 405 g/mol. The van der Waals surface area contributed by atoms with Gasteiger partial charge in [-0.2, -0.15) is 0 Å². The van der Waals surface area contributed by atoms with Crippen molar-refractivity contribution in [1.82, 2.24) is 15.2 Å². The van der Waals surface area contributed by atoms with Gasteiger partial charge in [-0.25, -0.2) is 14.6 Å². The molecule has 9 nitrogen and oxygen atoms in total. The van der Waals surface area contributed by atoms with Crippen molar-refractivity contribution < 1.29 is 19.1 Å². The van der Waals surface area contributed by atoms with Crippen LogP contribution in [0.1, 0.15) is 41.5 Å². The third-order valence-corrected chi connectivity index (χ3v) is 3.76. The van der Waals surface area contributed by atoms with E-state index in [-0.39, 0.29) is 5.96 Å². The van der Waals surface area contributed by atoms with E-state index in [9.17, 15) is 9.59 Å². The van der Waals surface area contributed by atoms with E-state index in [1.807, 2.05) is 23.1 Å². The first-order valence-corrected chi connectivity index (χ1v) is 9.65. The van der Waals surface area contributed by atoms with E-state index in [1.54, 1.807) is 47.7 Å². The zero-order valence-electron chi connectivity index (χ0n) is 18.1. The second-order valence-corrected chi connectivity index (χ2v) is 8.70. The Labute approximate surface area is 172 Å². The fourth-order valence-electron chi connectivity index (χ4n) is 2.63. The number of aliphatic imine (C=N–C) groups is 1. The van der Waals surface area contributed by atoms with Gasteiger partial charge in [0.1, 0.15) is 17.0 Å². The highest BCUT2D eigenvalue weighted by molar-refractivity contribution is 5.99. The molecule has 1 aromatic heterocycles. The van der Waals surface area contributed by atoms with E-state index < -0.39 is 23.4 Å². The van der Waals surface area contributed by atoms with Gasteiger partial charge in [0.05, 0.1) is 0 Å². The Morgan fingerprint density at radius 2 is 1.62 bits per heavy atom. The number of pyridine rings is 1. The predicted molar refractivity (Wildman–Crippen MR) is 111 cm³/mol. The van der Waals surface area contributed by atoms with Crippen LogP contribution in [0.5, 0.6) is 0 Å². The molecule has 0 atom stereocenters. The van der Waals surface area contributed by atoms with E-state index >= 15 is 0 Å². The number of hydrogen-bond acceptors (Lipinski definition) is 6. The third kappa shape index (κ3) is 7.97. The van der Waals surface area contributed by atoms with Crippen molar-refractivity contribution in [1.29, 1.82) is 0 Å². The van der Waals surface area contributed by atoms with Gasteiger partial charge in [-0.05, 0) is 53.7 Å². The van der Waals surface area contributed by atoms with Crippen LogP contribution in [0.3, 0.4) is 0 Å². The second-order valence-electron chi connectivity index (χ2n) is 8.70. The molecule has 0 aromatic carbocycles. The Kier molecular flexibility index (Phi) is 7.05. The van der Waals surface area contributed by atoms with Gasteiger partial charge in [-0.1, -0.05) is 6.07 Å². The summed E-state index contributed by atoms with van der Waals surface area (Å²) in [6.45, 7) is 13.0. The number of piperazine rings is 1. The van der Waals surface area contributed by atoms with Crippen molar-refractivity contribution in [3.8, 4) is 0 Å². The molecule has 0 aliphatic carbocycles. The van der Waals surface area contributed by atoms with Gasteiger partial charge in [0.2, 0.25) is 5.96 Å². The van der Waals surface area contributed by atoms with Crippen LogP contribution in [-0.4, -0.2) is 65.4 Å². The molecular weight excluding hydrogens is 374 g/mol. The molecule has 0 unspecified atom stereocenters. The number of carbonyl (C=O) groups excluding carboxylic acids is 2. The van der Waals surface area contributed by atoms with Crippen LogP contribution >= 0.6 is 0 Å². The maximum Gasteiger partial charge on any atom is 0.437 e. The standard InChI is InChI=1S/C20H31N5O4/c1-19(2,3)28-17(26)22-16(23-18(27)29-20(4,5)6)25-13-11-24(12-14-25)15-9-7-8-10-21-15/h7-10H,11-14H2,1-6H3,(H,22,23,26,27). The summed E-state index contributed by atoms with van der Waals surface area (Å²) in [7, 11) is 0. The molecule has 1 aliphatic rings. The molecule has 2 heterocycles. The number of nitrogens with zero attached hydrogens (tertiary/aromatic N) is 4. The van der Waals surface area contributed by atoms with E-state index in [0.717, 1.165) is 5.82 Å². The largest absolute Gasteiger partial charge is 0.444 e. The van der Waals surface area contributed by atoms with Gasteiger partial charge in [0.15, 0.2) is 0 Å². The van der Waals surface area contributed by atoms with E-state index in [4.69, 9.17) is 9.47 Å². The van der Waals surface area contributed by atoms with Crippen LogP contribution in [0.4, 0.5) is 15.4 Å². The zero-order chi connectivity index (χ0) is 21.7. The highest BCUT2D eigenvalue weighted by Crippen LogP contribution is 2.14. The molecule has 29 heavy (non-hydrogen) atoms. The van der Waals surface area contributed by atoms with Crippen molar-refractivity contribution >= 4 is 24.0 Å². The Bertz CT molecular complexity index is 729. The Hall–Kier alpha value is -2.84. The normalized spacial score (nSPS) is 15.7. The lowest BCUT2D eigenvalue weighted by Crippen LogP contribution is -2.54. The average Bonchev–Trinajstić information content (AvgIpc) is 2.59. The van der Waals surface area contributed by atoms with E-state index in [1.165, 1.54) is 0 Å². The number of carbonyl (C=O) groups is 2. The van der Waals surface area contributed by atoms with Crippen LogP contribution in [0.15, 0.2) is 29.4 Å². The molecule has 9 heteroatoms. The highest BCUT2D eigenvalue weighted by atomic mass is 16.6. The maximum absolute atomic E-state index is 12.3. The van der Waals surface area contributed by atoms with Crippen molar-refractivity contribution in [2.45, 2.75) is 52.7 Å². The first-order chi connectivity index (χ1) is 13.4. The number of guanidine groups is 1. The monoisotopic (exact) mass is 405 g/mol. The molecule has 0 bridgehead atoms. The molecule has 160 valence electrons. The van der Waals surface area contributed by atoms with Crippen molar-refractivity contribution in [3.63, 3.8) is 0 Å². The number of aromatic nitrogens is 1. The molecule has 2 rings (SSSR count). The molecule has 1 N–H and O–H groups in total. The Morgan fingerprint density at radius 1 is 1.00 bits per heavy atom. The SMILES string of the molecule is CC(C)(C)OC(=O)/N=C(/NC(=O)OC(C)(C)C)N1CCN(c2ccccn2)CC1. The number of anilines is 1. The molecule has 1 saturated heterocycles. The van der Waals surface area contributed by atoms with Gasteiger partial charge in [-0.15, -0.1) is 4.99 Å². The van der Waals surface area contributed by atoms with Gasteiger partial charge in [0.25, 0.3) is 0 Å². The second kappa shape index (κ2) is 9.11. The number of rotatable bonds is 1. The van der Waals surface area contributed by atoms with Crippen LogP contribution in [0, 0.1) is 0 Å². The molecular formula is C20H31N5O4. The topological polar surface area (TPSA) is 96.4 Å².